The first-order valence-electron chi connectivity index (χ1n) is 10.3. The number of ether oxygens (including phenoxy) is 1. The highest BCUT2D eigenvalue weighted by atomic mass is 79.9. The molecule has 0 aliphatic carbocycles. The number of halogens is 4. The molecule has 0 saturated heterocycles. The Morgan fingerprint density at radius 1 is 1.06 bits per heavy atom. The van der Waals surface area contributed by atoms with Gasteiger partial charge in [0.1, 0.15) is 11.8 Å². The van der Waals surface area contributed by atoms with Crippen molar-refractivity contribution in [3.05, 3.63) is 61.5 Å². The molecule has 0 saturated carbocycles. The number of carbonyl (C=O) groups excluding carboxylic acids is 2. The van der Waals surface area contributed by atoms with Crippen molar-refractivity contribution < 1.29 is 14.3 Å². The highest BCUT2D eigenvalue weighted by molar-refractivity contribution is 9.10. The Morgan fingerprint density at radius 2 is 1.78 bits per heavy atom. The zero-order chi connectivity index (χ0) is 23.8. The van der Waals surface area contributed by atoms with Crippen LogP contribution >= 0.6 is 50.7 Å². The molecule has 2 amide bonds. The Kier molecular flexibility index (Phi) is 10.6. The molecule has 2 rings (SSSR count). The lowest BCUT2D eigenvalue weighted by atomic mass is 10.1. The van der Waals surface area contributed by atoms with E-state index >= 15 is 0 Å². The fourth-order valence-electron chi connectivity index (χ4n) is 3.01. The van der Waals surface area contributed by atoms with Crippen molar-refractivity contribution in [1.82, 2.24) is 10.2 Å². The number of benzene rings is 2. The van der Waals surface area contributed by atoms with E-state index in [9.17, 15) is 9.59 Å². The molecule has 2 unspecified atom stereocenters. The first-order chi connectivity index (χ1) is 15.2. The number of hydrogen-bond acceptors (Lipinski definition) is 3. The normalized spacial score (nSPS) is 12.7. The third kappa shape index (κ3) is 7.55. The molecule has 174 valence electrons. The number of amides is 2. The molecule has 0 aromatic heterocycles. The van der Waals surface area contributed by atoms with Crippen LogP contribution in [0.3, 0.4) is 0 Å². The maximum absolute atomic E-state index is 13.2. The first kappa shape index (κ1) is 26.8. The smallest absolute Gasteiger partial charge is 0.261 e. The van der Waals surface area contributed by atoms with E-state index in [0.717, 1.165) is 10.9 Å². The van der Waals surface area contributed by atoms with Gasteiger partial charge in [0.05, 0.1) is 5.02 Å². The predicted octanol–water partition coefficient (Wildman–Crippen LogP) is 6.51. The van der Waals surface area contributed by atoms with Crippen molar-refractivity contribution in [3.8, 4) is 5.75 Å². The van der Waals surface area contributed by atoms with Gasteiger partial charge in [0.2, 0.25) is 5.91 Å². The predicted molar refractivity (Wildman–Crippen MR) is 134 cm³/mol. The van der Waals surface area contributed by atoms with Crippen molar-refractivity contribution in [1.29, 1.82) is 0 Å². The summed E-state index contributed by atoms with van der Waals surface area (Å²) in [5.74, 6) is -0.201. The van der Waals surface area contributed by atoms with Crippen LogP contribution in [0, 0.1) is 0 Å². The van der Waals surface area contributed by atoms with Gasteiger partial charge in [0, 0.05) is 27.1 Å². The van der Waals surface area contributed by atoms with Crippen LogP contribution in [0.2, 0.25) is 15.1 Å². The Balaban J connectivity index is 2.28. The van der Waals surface area contributed by atoms with E-state index < -0.39 is 6.04 Å². The summed E-state index contributed by atoms with van der Waals surface area (Å²) < 4.78 is 6.47. The Bertz CT molecular complexity index is 958. The topological polar surface area (TPSA) is 58.6 Å². The number of rotatable bonds is 10. The molecular weight excluding hydrogens is 539 g/mol. The van der Waals surface area contributed by atoms with Crippen molar-refractivity contribution in [2.24, 2.45) is 0 Å². The molecule has 0 aliphatic heterocycles. The molecule has 0 spiro atoms. The molecule has 0 fully saturated rings. The van der Waals surface area contributed by atoms with Crippen LogP contribution in [0.15, 0.2) is 40.9 Å². The summed E-state index contributed by atoms with van der Waals surface area (Å²) in [5, 5.41) is 4.25. The van der Waals surface area contributed by atoms with E-state index in [2.05, 4.69) is 21.2 Å². The molecule has 32 heavy (non-hydrogen) atoms. The minimum atomic E-state index is -0.688. The monoisotopic (exact) mass is 562 g/mol. The van der Waals surface area contributed by atoms with Gasteiger partial charge in [-0.2, -0.15) is 0 Å². The van der Waals surface area contributed by atoms with Gasteiger partial charge in [-0.3, -0.25) is 9.59 Å². The minimum absolute atomic E-state index is 0.00885. The average Bonchev–Trinajstić information content (AvgIpc) is 2.74. The maximum Gasteiger partial charge on any atom is 0.261 e. The van der Waals surface area contributed by atoms with E-state index in [1.54, 1.807) is 36.4 Å². The first-order valence-corrected chi connectivity index (χ1v) is 12.2. The molecule has 2 aromatic rings. The molecule has 9 heteroatoms. The van der Waals surface area contributed by atoms with Crippen molar-refractivity contribution >= 4 is 62.5 Å². The number of carbonyl (C=O) groups is 2. The minimum Gasteiger partial charge on any atom is -0.482 e. The molecule has 0 bridgehead atoms. The van der Waals surface area contributed by atoms with E-state index in [0.29, 0.717) is 32.8 Å². The van der Waals surface area contributed by atoms with E-state index in [-0.39, 0.29) is 31.0 Å². The fraction of sp³-hybridized carbons (Fsp3) is 0.391. The highest BCUT2D eigenvalue weighted by Crippen LogP contribution is 2.28. The summed E-state index contributed by atoms with van der Waals surface area (Å²) in [7, 11) is 0. The highest BCUT2D eigenvalue weighted by Gasteiger charge is 2.30. The summed E-state index contributed by atoms with van der Waals surface area (Å²) >= 11 is 21.9. The second-order valence-corrected chi connectivity index (χ2v) is 9.53. The maximum atomic E-state index is 13.2. The second-order valence-electron chi connectivity index (χ2n) is 7.36. The van der Waals surface area contributed by atoms with E-state index in [1.807, 2.05) is 20.8 Å². The second kappa shape index (κ2) is 12.7. The molecule has 0 radical (unpaired) electrons. The van der Waals surface area contributed by atoms with Gasteiger partial charge in [-0.1, -0.05) is 70.6 Å². The van der Waals surface area contributed by atoms with Crippen LogP contribution in [0.25, 0.3) is 0 Å². The number of nitrogens with zero attached hydrogens (tertiary/aromatic N) is 1. The Labute approximate surface area is 212 Å². The summed E-state index contributed by atoms with van der Waals surface area (Å²) in [5.41, 5.74) is 0.681. The van der Waals surface area contributed by atoms with E-state index in [4.69, 9.17) is 39.5 Å². The molecule has 0 aliphatic rings. The van der Waals surface area contributed by atoms with Crippen LogP contribution in [0.5, 0.6) is 5.75 Å². The van der Waals surface area contributed by atoms with Crippen molar-refractivity contribution in [3.63, 3.8) is 0 Å². The van der Waals surface area contributed by atoms with Gasteiger partial charge in [0.25, 0.3) is 5.91 Å². The van der Waals surface area contributed by atoms with Crippen LogP contribution in [-0.2, 0) is 16.1 Å². The third-order valence-corrected chi connectivity index (χ3v) is 6.36. The van der Waals surface area contributed by atoms with Gasteiger partial charge < -0.3 is 15.0 Å². The van der Waals surface area contributed by atoms with Gasteiger partial charge >= 0.3 is 0 Å². The van der Waals surface area contributed by atoms with E-state index in [1.165, 1.54) is 4.90 Å². The van der Waals surface area contributed by atoms with Crippen LogP contribution < -0.4 is 10.1 Å². The molecule has 5 nitrogen and oxygen atoms in total. The van der Waals surface area contributed by atoms with Gasteiger partial charge in [0.15, 0.2) is 6.61 Å². The quantitative estimate of drug-likeness (QED) is 0.358. The van der Waals surface area contributed by atoms with Crippen LogP contribution in [0.1, 0.15) is 39.2 Å². The van der Waals surface area contributed by atoms with Crippen LogP contribution in [0.4, 0.5) is 0 Å². The Hall–Kier alpha value is -1.47. The Morgan fingerprint density at radius 3 is 2.38 bits per heavy atom. The molecule has 2 aromatic carbocycles. The standard InChI is InChI=1S/C23H26BrCl3N2O3/c1-4-14(3)28-23(31)20(5-2)29(12-15-6-8-17(25)11-18(15)26)22(30)13-32-21-9-7-16(24)10-19(21)27/h6-11,14,20H,4-5,12-13H2,1-3H3,(H,28,31). The molecule has 1 N–H and O–H groups in total. The third-order valence-electron chi connectivity index (χ3n) is 4.99. The lowest BCUT2D eigenvalue weighted by Gasteiger charge is -2.31. The van der Waals surface area contributed by atoms with Crippen LogP contribution in [-0.4, -0.2) is 35.4 Å². The molecular formula is C23H26BrCl3N2O3. The summed E-state index contributed by atoms with van der Waals surface area (Å²) in [6, 6.07) is 9.48. The lowest BCUT2D eigenvalue weighted by Crippen LogP contribution is -2.51. The summed E-state index contributed by atoms with van der Waals surface area (Å²) in [6.07, 6.45) is 1.21. The van der Waals surface area contributed by atoms with Crippen molar-refractivity contribution in [2.45, 2.75) is 52.2 Å². The lowest BCUT2D eigenvalue weighted by molar-refractivity contribution is -0.143. The summed E-state index contributed by atoms with van der Waals surface area (Å²) in [4.78, 5) is 27.7. The zero-order valence-corrected chi connectivity index (χ0v) is 22.0. The zero-order valence-electron chi connectivity index (χ0n) is 18.1. The average molecular weight is 565 g/mol. The largest absolute Gasteiger partial charge is 0.482 e. The number of nitrogens with one attached hydrogen (secondary N) is 1. The van der Waals surface area contributed by atoms with Gasteiger partial charge in [-0.15, -0.1) is 0 Å². The summed E-state index contributed by atoms with van der Waals surface area (Å²) in [6.45, 7) is 5.62. The van der Waals surface area contributed by atoms with Crippen molar-refractivity contribution in [2.75, 3.05) is 6.61 Å². The molecule has 2 atom stereocenters. The SMILES string of the molecule is CCC(C)NC(=O)C(CC)N(Cc1ccc(Cl)cc1Cl)C(=O)COc1ccc(Br)cc1Cl. The fourth-order valence-corrected chi connectivity index (χ4v) is 4.20. The molecule has 0 heterocycles. The van der Waals surface area contributed by atoms with Gasteiger partial charge in [-0.25, -0.2) is 0 Å². The number of hydrogen-bond donors (Lipinski definition) is 1. The van der Waals surface area contributed by atoms with Gasteiger partial charge in [-0.05, 0) is 55.7 Å².